The van der Waals surface area contributed by atoms with E-state index in [2.05, 4.69) is 5.32 Å². The van der Waals surface area contributed by atoms with Gasteiger partial charge in [0.2, 0.25) is 0 Å². The fourth-order valence-electron chi connectivity index (χ4n) is 2.97. The van der Waals surface area contributed by atoms with Crippen molar-refractivity contribution < 1.29 is 19.1 Å². The van der Waals surface area contributed by atoms with Gasteiger partial charge in [-0.05, 0) is 26.3 Å². The standard InChI is InChI=1S/C17H23NO4/c1-11-13(12-9-7-6-8-10-12)17(11,14(19)21-5)18-15(20)22-16(2,3)4/h6-11,13H,1-5H3,(H,18,20). The van der Waals surface area contributed by atoms with E-state index in [0.717, 1.165) is 5.56 Å². The Labute approximate surface area is 131 Å². The highest BCUT2D eigenvalue weighted by atomic mass is 16.6. The summed E-state index contributed by atoms with van der Waals surface area (Å²) in [6, 6.07) is 9.63. The number of benzene rings is 1. The lowest BCUT2D eigenvalue weighted by Crippen LogP contribution is -2.48. The normalized spacial score (nSPS) is 27.0. The SMILES string of the molecule is COC(=O)C1(NC(=O)OC(C)(C)C)C(C)C1c1ccccc1. The summed E-state index contributed by atoms with van der Waals surface area (Å²) in [4.78, 5) is 24.4. The molecule has 5 heteroatoms. The van der Waals surface area contributed by atoms with Gasteiger partial charge in [0.25, 0.3) is 0 Å². The number of carbonyl (C=O) groups is 2. The third kappa shape index (κ3) is 2.93. The van der Waals surface area contributed by atoms with E-state index in [1.165, 1.54) is 7.11 Å². The van der Waals surface area contributed by atoms with Crippen LogP contribution in [-0.2, 0) is 14.3 Å². The summed E-state index contributed by atoms with van der Waals surface area (Å²) in [7, 11) is 1.33. The van der Waals surface area contributed by atoms with Gasteiger partial charge in [0.1, 0.15) is 5.60 Å². The quantitative estimate of drug-likeness (QED) is 0.872. The molecule has 0 heterocycles. The highest BCUT2D eigenvalue weighted by Crippen LogP contribution is 2.58. The number of methoxy groups -OCH3 is 1. The highest BCUT2D eigenvalue weighted by Gasteiger charge is 2.70. The molecule has 22 heavy (non-hydrogen) atoms. The molecule has 3 atom stereocenters. The number of ether oxygens (including phenoxy) is 2. The molecule has 1 amide bonds. The van der Waals surface area contributed by atoms with E-state index in [1.54, 1.807) is 20.8 Å². The second-order valence-corrected chi connectivity index (χ2v) is 6.66. The second-order valence-electron chi connectivity index (χ2n) is 6.66. The second kappa shape index (κ2) is 5.63. The van der Waals surface area contributed by atoms with Crippen molar-refractivity contribution in [2.45, 2.75) is 44.8 Å². The average Bonchev–Trinajstić information content (AvgIpc) is 3.02. The molecule has 0 aliphatic heterocycles. The van der Waals surface area contributed by atoms with Crippen molar-refractivity contribution in [1.82, 2.24) is 5.32 Å². The number of amides is 1. The van der Waals surface area contributed by atoms with Crippen LogP contribution in [0.15, 0.2) is 30.3 Å². The molecule has 1 aromatic rings. The molecule has 0 bridgehead atoms. The Balaban J connectivity index is 2.24. The van der Waals surface area contributed by atoms with Crippen LogP contribution in [0.1, 0.15) is 39.2 Å². The summed E-state index contributed by atoms with van der Waals surface area (Å²) in [6.45, 7) is 7.26. The van der Waals surface area contributed by atoms with Crippen molar-refractivity contribution in [3.8, 4) is 0 Å². The van der Waals surface area contributed by atoms with Crippen LogP contribution >= 0.6 is 0 Å². The molecular weight excluding hydrogens is 282 g/mol. The average molecular weight is 305 g/mol. The molecule has 1 aromatic carbocycles. The molecule has 1 fully saturated rings. The predicted octanol–water partition coefficient (Wildman–Crippen LogP) is 2.86. The molecule has 3 unspecified atom stereocenters. The summed E-state index contributed by atoms with van der Waals surface area (Å²) in [5.74, 6) is -0.622. The molecule has 0 radical (unpaired) electrons. The third-order valence-corrected chi connectivity index (χ3v) is 3.99. The van der Waals surface area contributed by atoms with Gasteiger partial charge in [-0.15, -0.1) is 0 Å². The minimum atomic E-state index is -1.06. The lowest BCUT2D eigenvalue weighted by Gasteiger charge is -2.23. The number of alkyl carbamates (subject to hydrolysis) is 1. The molecule has 0 spiro atoms. The minimum Gasteiger partial charge on any atom is -0.467 e. The number of esters is 1. The van der Waals surface area contributed by atoms with Gasteiger partial charge in [0, 0.05) is 11.8 Å². The molecule has 120 valence electrons. The lowest BCUT2D eigenvalue weighted by molar-refractivity contribution is -0.145. The van der Waals surface area contributed by atoms with Crippen molar-refractivity contribution in [3.63, 3.8) is 0 Å². The molecule has 0 aromatic heterocycles. The summed E-state index contributed by atoms with van der Waals surface area (Å²) in [5, 5.41) is 2.74. The van der Waals surface area contributed by atoms with Crippen molar-refractivity contribution in [2.24, 2.45) is 5.92 Å². The summed E-state index contributed by atoms with van der Waals surface area (Å²) in [5.41, 5.74) is -0.684. The van der Waals surface area contributed by atoms with Crippen molar-refractivity contribution >= 4 is 12.1 Å². The predicted molar refractivity (Wildman–Crippen MR) is 82.5 cm³/mol. The number of carbonyl (C=O) groups excluding carboxylic acids is 2. The third-order valence-electron chi connectivity index (χ3n) is 3.99. The van der Waals surface area contributed by atoms with Crippen LogP contribution < -0.4 is 5.32 Å². The summed E-state index contributed by atoms with van der Waals surface area (Å²) in [6.07, 6.45) is -0.608. The van der Waals surface area contributed by atoms with E-state index in [9.17, 15) is 9.59 Å². The van der Waals surface area contributed by atoms with Gasteiger partial charge in [-0.1, -0.05) is 37.3 Å². The summed E-state index contributed by atoms with van der Waals surface area (Å²) < 4.78 is 10.2. The van der Waals surface area contributed by atoms with Crippen molar-refractivity contribution in [3.05, 3.63) is 35.9 Å². The molecule has 1 saturated carbocycles. The topological polar surface area (TPSA) is 64.6 Å². The fraction of sp³-hybridized carbons (Fsp3) is 0.529. The highest BCUT2D eigenvalue weighted by molar-refractivity contribution is 5.92. The van der Waals surface area contributed by atoms with Gasteiger partial charge in [-0.2, -0.15) is 0 Å². The van der Waals surface area contributed by atoms with E-state index in [-0.39, 0.29) is 11.8 Å². The number of rotatable bonds is 3. The first-order valence-corrected chi connectivity index (χ1v) is 7.37. The zero-order valence-corrected chi connectivity index (χ0v) is 13.7. The number of hydrogen-bond donors (Lipinski definition) is 1. The fourth-order valence-corrected chi connectivity index (χ4v) is 2.97. The lowest BCUT2D eigenvalue weighted by atomic mass is 10.1. The molecule has 1 N–H and O–H groups in total. The largest absolute Gasteiger partial charge is 0.467 e. The van der Waals surface area contributed by atoms with E-state index in [1.807, 2.05) is 37.3 Å². The Morgan fingerprint density at radius 1 is 1.18 bits per heavy atom. The van der Waals surface area contributed by atoms with E-state index in [0.29, 0.717) is 0 Å². The van der Waals surface area contributed by atoms with Crippen LogP contribution in [0.25, 0.3) is 0 Å². The van der Waals surface area contributed by atoms with Gasteiger partial charge in [-0.25, -0.2) is 9.59 Å². The van der Waals surface area contributed by atoms with Crippen molar-refractivity contribution in [1.29, 1.82) is 0 Å². The van der Waals surface area contributed by atoms with Gasteiger partial charge >= 0.3 is 12.1 Å². The van der Waals surface area contributed by atoms with Crippen LogP contribution in [0, 0.1) is 5.92 Å². The van der Waals surface area contributed by atoms with E-state index < -0.39 is 23.2 Å². The molecule has 2 rings (SSSR count). The van der Waals surface area contributed by atoms with Crippen LogP contribution in [0.3, 0.4) is 0 Å². The smallest absolute Gasteiger partial charge is 0.408 e. The maximum atomic E-state index is 12.3. The molecule has 0 saturated heterocycles. The Bertz CT molecular complexity index is 564. The number of hydrogen-bond acceptors (Lipinski definition) is 4. The van der Waals surface area contributed by atoms with Gasteiger partial charge < -0.3 is 14.8 Å². The van der Waals surface area contributed by atoms with Gasteiger partial charge in [0.15, 0.2) is 5.54 Å². The van der Waals surface area contributed by atoms with Crippen LogP contribution in [0.5, 0.6) is 0 Å². The van der Waals surface area contributed by atoms with Crippen LogP contribution in [-0.4, -0.2) is 30.3 Å². The maximum Gasteiger partial charge on any atom is 0.408 e. The Morgan fingerprint density at radius 2 is 1.77 bits per heavy atom. The molecule has 1 aliphatic rings. The zero-order valence-electron chi connectivity index (χ0n) is 13.7. The van der Waals surface area contributed by atoms with E-state index in [4.69, 9.17) is 9.47 Å². The Morgan fingerprint density at radius 3 is 2.27 bits per heavy atom. The van der Waals surface area contributed by atoms with Crippen molar-refractivity contribution in [2.75, 3.05) is 7.11 Å². The Hall–Kier alpha value is -2.04. The molecular formula is C17H23NO4. The first kappa shape index (κ1) is 16.3. The minimum absolute atomic E-state index is 0.0603. The van der Waals surface area contributed by atoms with Gasteiger partial charge in [-0.3, -0.25) is 0 Å². The van der Waals surface area contributed by atoms with Crippen LogP contribution in [0.4, 0.5) is 4.79 Å². The zero-order chi connectivity index (χ0) is 16.5. The Kier molecular flexibility index (Phi) is 4.18. The monoisotopic (exact) mass is 305 g/mol. The molecule has 1 aliphatic carbocycles. The number of nitrogens with one attached hydrogen (secondary N) is 1. The first-order valence-electron chi connectivity index (χ1n) is 7.37. The van der Waals surface area contributed by atoms with Gasteiger partial charge in [0.05, 0.1) is 7.11 Å². The van der Waals surface area contributed by atoms with Crippen LogP contribution in [0.2, 0.25) is 0 Å². The summed E-state index contributed by atoms with van der Waals surface area (Å²) >= 11 is 0. The maximum absolute atomic E-state index is 12.3. The van der Waals surface area contributed by atoms with E-state index >= 15 is 0 Å². The molecule has 5 nitrogen and oxygen atoms in total. The first-order chi connectivity index (χ1) is 10.2.